The zero-order valence-corrected chi connectivity index (χ0v) is 20.3. The summed E-state index contributed by atoms with van der Waals surface area (Å²) >= 11 is 0. The Morgan fingerprint density at radius 3 is 2.83 bits per heavy atom. The lowest BCUT2D eigenvalue weighted by atomic mass is 10.1. The van der Waals surface area contributed by atoms with Gasteiger partial charge in [-0.2, -0.15) is 0 Å². The van der Waals surface area contributed by atoms with E-state index in [-0.39, 0.29) is 0 Å². The average Bonchev–Trinajstić information content (AvgIpc) is 3.21. The second kappa shape index (κ2) is 11.1. The van der Waals surface area contributed by atoms with Crippen molar-refractivity contribution in [2.24, 2.45) is 0 Å². The molecule has 3 heterocycles. The van der Waals surface area contributed by atoms with Gasteiger partial charge in [0.05, 0.1) is 24.2 Å². The molecule has 1 aromatic heterocycles. The van der Waals surface area contributed by atoms with Crippen LogP contribution in [0.4, 0.5) is 14.5 Å². The van der Waals surface area contributed by atoms with Crippen molar-refractivity contribution in [3.8, 4) is 0 Å². The van der Waals surface area contributed by atoms with Crippen LogP contribution in [-0.2, 0) is 4.79 Å². The van der Waals surface area contributed by atoms with Crippen molar-refractivity contribution in [3.05, 3.63) is 47.4 Å². The van der Waals surface area contributed by atoms with Crippen molar-refractivity contribution in [1.29, 1.82) is 0 Å². The summed E-state index contributed by atoms with van der Waals surface area (Å²) in [5, 5.41) is 6.52. The number of alkyl halides is 2. The number of pyridine rings is 1. The van der Waals surface area contributed by atoms with E-state index in [2.05, 4.69) is 30.3 Å². The van der Waals surface area contributed by atoms with Crippen molar-refractivity contribution in [3.63, 3.8) is 0 Å². The molecule has 2 aromatic rings. The van der Waals surface area contributed by atoms with Gasteiger partial charge in [-0.3, -0.25) is 24.3 Å². The van der Waals surface area contributed by atoms with Gasteiger partial charge in [-0.05, 0) is 37.2 Å². The standard InChI is InChI=1S/C25H31F2N7O2/c1-28-22-15-25(26,27)17-34(22)23(35)16-31-24(36)19-6-7-30-21-5-4-18(14-20(19)21)32(2)10-3-11-33-12-8-29-9-13-33/h4-7,14,22,29H,3,8-13,15-17H2,2H3,(H,31,36)/t22-/m0/s1. The molecule has 36 heavy (non-hydrogen) atoms. The maximum atomic E-state index is 13.7. The molecule has 2 fully saturated rings. The van der Waals surface area contributed by atoms with Gasteiger partial charge in [-0.15, -0.1) is 0 Å². The highest BCUT2D eigenvalue weighted by atomic mass is 19.3. The Morgan fingerprint density at radius 2 is 2.08 bits per heavy atom. The third-order valence-electron chi connectivity index (χ3n) is 6.70. The second-order valence-electron chi connectivity index (χ2n) is 9.30. The predicted octanol–water partition coefficient (Wildman–Crippen LogP) is 1.81. The molecule has 11 heteroatoms. The van der Waals surface area contributed by atoms with Crippen LogP contribution in [0.5, 0.6) is 0 Å². The SMILES string of the molecule is [C-]#[N+][C@@H]1CC(F)(F)CN1C(=O)CNC(=O)c1ccnc2ccc(N(C)CCCN3CCNCC3)cc12. The van der Waals surface area contributed by atoms with Gasteiger partial charge < -0.3 is 20.4 Å². The van der Waals surface area contributed by atoms with Gasteiger partial charge in [-0.25, -0.2) is 15.4 Å². The van der Waals surface area contributed by atoms with Crippen molar-refractivity contribution in [2.45, 2.75) is 24.9 Å². The highest BCUT2D eigenvalue weighted by Gasteiger charge is 2.50. The Hall–Kier alpha value is -3.36. The maximum Gasteiger partial charge on any atom is 0.306 e. The first kappa shape index (κ1) is 25.7. The molecule has 192 valence electrons. The Morgan fingerprint density at radius 1 is 1.31 bits per heavy atom. The van der Waals surface area contributed by atoms with Crippen LogP contribution in [-0.4, -0.2) is 98.1 Å². The summed E-state index contributed by atoms with van der Waals surface area (Å²) in [6, 6.07) is 7.29. The Balaban J connectivity index is 1.39. The van der Waals surface area contributed by atoms with Crippen molar-refractivity contribution < 1.29 is 18.4 Å². The third kappa shape index (κ3) is 6.06. The van der Waals surface area contributed by atoms with Crippen LogP contribution in [0.1, 0.15) is 23.2 Å². The number of fused-ring (bicyclic) bond motifs is 1. The number of piperazine rings is 1. The summed E-state index contributed by atoms with van der Waals surface area (Å²) in [5.74, 6) is -4.30. The van der Waals surface area contributed by atoms with Crippen LogP contribution in [0.15, 0.2) is 30.5 Å². The first-order valence-electron chi connectivity index (χ1n) is 12.1. The molecule has 2 saturated heterocycles. The number of hydrogen-bond acceptors (Lipinski definition) is 6. The zero-order valence-electron chi connectivity index (χ0n) is 20.3. The Bertz CT molecular complexity index is 1150. The lowest BCUT2D eigenvalue weighted by molar-refractivity contribution is -0.131. The summed E-state index contributed by atoms with van der Waals surface area (Å²) in [6.07, 6.45) is 0.636. The normalized spacial score (nSPS) is 19.7. The number of aromatic nitrogens is 1. The van der Waals surface area contributed by atoms with E-state index < -0.39 is 43.4 Å². The third-order valence-corrected chi connectivity index (χ3v) is 6.70. The summed E-state index contributed by atoms with van der Waals surface area (Å²) in [4.78, 5) is 38.3. The first-order chi connectivity index (χ1) is 17.3. The van der Waals surface area contributed by atoms with Gasteiger partial charge in [-0.1, -0.05) is 0 Å². The van der Waals surface area contributed by atoms with Crippen molar-refractivity contribution >= 4 is 28.4 Å². The van der Waals surface area contributed by atoms with Crippen LogP contribution in [0.3, 0.4) is 0 Å². The number of amides is 2. The fourth-order valence-corrected chi connectivity index (χ4v) is 4.68. The molecule has 0 saturated carbocycles. The van der Waals surface area contributed by atoms with Crippen LogP contribution in [0, 0.1) is 6.57 Å². The van der Waals surface area contributed by atoms with E-state index in [1.807, 2.05) is 25.2 Å². The van der Waals surface area contributed by atoms with Crippen molar-refractivity contribution in [2.75, 3.05) is 64.3 Å². The minimum absolute atomic E-state index is 0.345. The molecule has 1 atom stereocenters. The summed E-state index contributed by atoms with van der Waals surface area (Å²) in [6.45, 7) is 11.9. The monoisotopic (exact) mass is 499 g/mol. The van der Waals surface area contributed by atoms with E-state index >= 15 is 0 Å². The molecule has 0 aliphatic carbocycles. The molecule has 0 radical (unpaired) electrons. The lowest BCUT2D eigenvalue weighted by Gasteiger charge is -2.28. The van der Waals surface area contributed by atoms with Gasteiger partial charge in [0, 0.05) is 57.0 Å². The molecule has 0 bridgehead atoms. The molecule has 2 N–H and O–H groups in total. The van der Waals surface area contributed by atoms with Crippen LogP contribution < -0.4 is 15.5 Å². The first-order valence-corrected chi connectivity index (χ1v) is 12.1. The number of nitrogens with one attached hydrogen (secondary N) is 2. The number of anilines is 1. The number of hydrogen-bond donors (Lipinski definition) is 2. The molecule has 0 unspecified atom stereocenters. The highest BCUT2D eigenvalue weighted by Crippen LogP contribution is 2.32. The molecular weight excluding hydrogens is 468 g/mol. The number of rotatable bonds is 8. The van der Waals surface area contributed by atoms with Crippen LogP contribution in [0.2, 0.25) is 0 Å². The minimum atomic E-state index is -3.09. The van der Waals surface area contributed by atoms with Gasteiger partial charge in [0.1, 0.15) is 6.42 Å². The van der Waals surface area contributed by atoms with Crippen LogP contribution >= 0.6 is 0 Å². The molecule has 2 amide bonds. The molecule has 2 aliphatic rings. The highest BCUT2D eigenvalue weighted by molar-refractivity contribution is 6.07. The number of halogens is 2. The Kier molecular flexibility index (Phi) is 7.96. The summed E-state index contributed by atoms with van der Waals surface area (Å²) < 4.78 is 27.3. The van der Waals surface area contributed by atoms with Gasteiger partial charge in [0.15, 0.2) is 0 Å². The fraction of sp³-hybridized carbons (Fsp3) is 0.520. The Labute approximate surface area is 209 Å². The second-order valence-corrected chi connectivity index (χ2v) is 9.30. The number of carbonyl (C=O) groups excluding carboxylic acids is 2. The number of benzene rings is 1. The number of likely N-dealkylation sites (tertiary alicyclic amines) is 1. The van der Waals surface area contributed by atoms with Gasteiger partial charge >= 0.3 is 6.17 Å². The average molecular weight is 500 g/mol. The predicted molar refractivity (Wildman–Crippen MR) is 133 cm³/mol. The van der Waals surface area contributed by atoms with Gasteiger partial charge in [0.2, 0.25) is 5.91 Å². The van der Waals surface area contributed by atoms with E-state index in [0.717, 1.165) is 56.3 Å². The van der Waals surface area contributed by atoms with E-state index in [1.54, 1.807) is 6.07 Å². The van der Waals surface area contributed by atoms with E-state index in [9.17, 15) is 18.4 Å². The van der Waals surface area contributed by atoms with E-state index in [1.165, 1.54) is 6.20 Å². The minimum Gasteiger partial charge on any atom is -0.375 e. The van der Waals surface area contributed by atoms with E-state index in [4.69, 9.17) is 6.57 Å². The molecule has 2 aliphatic heterocycles. The number of nitrogens with zero attached hydrogens (tertiary/aromatic N) is 5. The van der Waals surface area contributed by atoms with E-state index in [0.29, 0.717) is 16.5 Å². The zero-order chi connectivity index (χ0) is 25.7. The largest absolute Gasteiger partial charge is 0.375 e. The summed E-state index contributed by atoms with van der Waals surface area (Å²) in [5.41, 5.74) is 1.93. The summed E-state index contributed by atoms with van der Waals surface area (Å²) in [7, 11) is 2.01. The molecule has 0 spiro atoms. The quantitative estimate of drug-likeness (QED) is 0.539. The molecule has 1 aromatic carbocycles. The molecule has 9 nitrogen and oxygen atoms in total. The van der Waals surface area contributed by atoms with Gasteiger partial charge in [0.25, 0.3) is 11.8 Å². The smallest absolute Gasteiger partial charge is 0.306 e. The maximum absolute atomic E-state index is 13.7. The lowest BCUT2D eigenvalue weighted by Crippen LogP contribution is -2.44. The fourth-order valence-electron chi connectivity index (χ4n) is 4.68. The molecule has 4 rings (SSSR count). The number of carbonyl (C=O) groups is 2. The molecular formula is C25H31F2N7O2. The topological polar surface area (TPSA) is 85.2 Å². The van der Waals surface area contributed by atoms with Crippen LogP contribution in [0.25, 0.3) is 15.7 Å². The van der Waals surface area contributed by atoms with Crippen molar-refractivity contribution in [1.82, 2.24) is 25.4 Å².